The van der Waals surface area contributed by atoms with Gasteiger partial charge in [-0.1, -0.05) is 0 Å². The van der Waals surface area contributed by atoms with Crippen molar-refractivity contribution in [2.24, 2.45) is 0 Å². The second-order valence-electron chi connectivity index (χ2n) is 2.82. The van der Waals surface area contributed by atoms with Crippen LogP contribution in [0.5, 0.6) is 5.75 Å². The summed E-state index contributed by atoms with van der Waals surface area (Å²) >= 11 is 3.87. The highest BCUT2D eigenvalue weighted by molar-refractivity contribution is 7.80. The van der Waals surface area contributed by atoms with E-state index in [2.05, 4.69) is 17.4 Å². The summed E-state index contributed by atoms with van der Waals surface area (Å²) in [6.45, 7) is 1.25. The van der Waals surface area contributed by atoms with Crippen molar-refractivity contribution in [2.75, 3.05) is 0 Å². The summed E-state index contributed by atoms with van der Waals surface area (Å²) in [4.78, 5) is 11.2. The zero-order valence-corrected chi connectivity index (χ0v) is 8.52. The number of Topliss-reactive ketones (excluding diaryl/α,β-unsaturated/α-hetero) is 1. The monoisotopic (exact) mass is 236 g/mol. The zero-order valence-electron chi connectivity index (χ0n) is 7.63. The van der Waals surface area contributed by atoms with Crippen LogP contribution in [0.25, 0.3) is 0 Å². The van der Waals surface area contributed by atoms with E-state index in [-0.39, 0.29) is 16.2 Å². The quantitative estimate of drug-likeness (QED) is 0.631. The maximum Gasteiger partial charge on any atom is 0.573 e. The lowest BCUT2D eigenvalue weighted by molar-refractivity contribution is -0.274. The van der Waals surface area contributed by atoms with Gasteiger partial charge in [0.1, 0.15) is 5.75 Å². The van der Waals surface area contributed by atoms with Gasteiger partial charge in [-0.25, -0.2) is 0 Å². The lowest BCUT2D eigenvalue weighted by Gasteiger charge is -2.10. The number of ketones is 1. The molecule has 1 rings (SSSR count). The predicted octanol–water partition coefficient (Wildman–Crippen LogP) is 3.08. The van der Waals surface area contributed by atoms with Gasteiger partial charge >= 0.3 is 6.36 Å². The fraction of sp³-hybridized carbons (Fsp3) is 0.222. The van der Waals surface area contributed by atoms with Crippen LogP contribution >= 0.6 is 12.6 Å². The molecular formula is C9H7F3O2S. The van der Waals surface area contributed by atoms with E-state index in [4.69, 9.17) is 0 Å². The first-order chi connectivity index (χ1) is 6.78. The van der Waals surface area contributed by atoms with E-state index in [0.29, 0.717) is 0 Å². The van der Waals surface area contributed by atoms with E-state index >= 15 is 0 Å². The van der Waals surface area contributed by atoms with E-state index in [0.717, 1.165) is 12.1 Å². The summed E-state index contributed by atoms with van der Waals surface area (Å²) in [6.07, 6.45) is -4.77. The van der Waals surface area contributed by atoms with Gasteiger partial charge < -0.3 is 4.74 Å². The van der Waals surface area contributed by atoms with Crippen molar-refractivity contribution in [1.82, 2.24) is 0 Å². The Morgan fingerprint density at radius 1 is 1.33 bits per heavy atom. The number of hydrogen-bond acceptors (Lipinski definition) is 3. The average molecular weight is 236 g/mol. The summed E-state index contributed by atoms with van der Waals surface area (Å²) in [7, 11) is 0. The van der Waals surface area contributed by atoms with Crippen molar-refractivity contribution < 1.29 is 22.7 Å². The first-order valence-corrected chi connectivity index (χ1v) is 4.33. The third-order valence-corrected chi connectivity index (χ3v) is 1.79. The molecule has 15 heavy (non-hydrogen) atoms. The molecule has 6 heteroatoms. The molecule has 0 aromatic heterocycles. The normalized spacial score (nSPS) is 11.3. The highest BCUT2D eigenvalue weighted by atomic mass is 32.1. The van der Waals surface area contributed by atoms with E-state index in [1.54, 1.807) is 0 Å². The van der Waals surface area contributed by atoms with Gasteiger partial charge in [0.05, 0.1) is 0 Å². The molecule has 2 nitrogen and oxygen atoms in total. The van der Waals surface area contributed by atoms with Gasteiger partial charge in [-0.3, -0.25) is 4.79 Å². The Kier molecular flexibility index (Phi) is 3.28. The third kappa shape index (κ3) is 3.83. The molecule has 1 aromatic carbocycles. The molecule has 0 heterocycles. The van der Waals surface area contributed by atoms with Crippen molar-refractivity contribution in [2.45, 2.75) is 18.2 Å². The molecule has 0 fully saturated rings. The second kappa shape index (κ2) is 4.14. The number of rotatable bonds is 2. The van der Waals surface area contributed by atoms with Crippen LogP contribution in [-0.2, 0) is 0 Å². The number of halogens is 3. The minimum Gasteiger partial charge on any atom is -0.406 e. The van der Waals surface area contributed by atoms with Crippen LogP contribution in [0.2, 0.25) is 0 Å². The van der Waals surface area contributed by atoms with Gasteiger partial charge in [-0.2, -0.15) is 0 Å². The number of hydrogen-bond donors (Lipinski definition) is 1. The Labute approximate surface area is 89.5 Å². The molecule has 0 amide bonds. The minimum absolute atomic E-state index is 0.127. The molecule has 0 atom stereocenters. The van der Waals surface area contributed by atoms with Crippen molar-refractivity contribution in [3.8, 4) is 5.75 Å². The Morgan fingerprint density at radius 2 is 1.93 bits per heavy atom. The molecule has 82 valence electrons. The van der Waals surface area contributed by atoms with Crippen LogP contribution in [-0.4, -0.2) is 12.1 Å². The van der Waals surface area contributed by atoms with Crippen LogP contribution in [0.3, 0.4) is 0 Å². The van der Waals surface area contributed by atoms with Crippen LogP contribution in [0.1, 0.15) is 17.3 Å². The number of carbonyl (C=O) groups excluding carboxylic acids is 1. The Morgan fingerprint density at radius 3 is 2.40 bits per heavy atom. The molecule has 0 radical (unpaired) electrons. The molecule has 0 spiro atoms. The first-order valence-electron chi connectivity index (χ1n) is 3.88. The van der Waals surface area contributed by atoms with Crippen molar-refractivity contribution >= 4 is 18.4 Å². The summed E-state index contributed by atoms with van der Waals surface area (Å²) < 4.78 is 39.3. The molecular weight excluding hydrogens is 229 g/mol. The van der Waals surface area contributed by atoms with Crippen molar-refractivity contribution in [3.05, 3.63) is 23.8 Å². The molecule has 0 aliphatic heterocycles. The number of alkyl halides is 3. The van der Waals surface area contributed by atoms with Gasteiger partial charge in [-0.15, -0.1) is 25.8 Å². The van der Waals surface area contributed by atoms with Crippen molar-refractivity contribution in [1.29, 1.82) is 0 Å². The summed E-state index contributed by atoms with van der Waals surface area (Å²) in [5.41, 5.74) is 0.127. The Hall–Kier alpha value is -1.17. The summed E-state index contributed by atoms with van der Waals surface area (Å²) in [6, 6.07) is 3.48. The molecule has 0 saturated heterocycles. The fourth-order valence-electron chi connectivity index (χ4n) is 0.979. The highest BCUT2D eigenvalue weighted by Gasteiger charge is 2.31. The van der Waals surface area contributed by atoms with Gasteiger partial charge in [0.2, 0.25) is 0 Å². The fourth-order valence-corrected chi connectivity index (χ4v) is 1.25. The first kappa shape index (κ1) is 11.9. The minimum atomic E-state index is -4.77. The van der Waals surface area contributed by atoms with Crippen LogP contribution < -0.4 is 4.74 Å². The van der Waals surface area contributed by atoms with Gasteiger partial charge in [-0.05, 0) is 25.1 Å². The summed E-state index contributed by atoms with van der Waals surface area (Å²) in [5, 5.41) is 0. The van der Waals surface area contributed by atoms with Gasteiger partial charge in [0.15, 0.2) is 5.78 Å². The number of ether oxygens (including phenoxy) is 1. The average Bonchev–Trinajstić information content (AvgIpc) is 1.99. The third-order valence-electron chi connectivity index (χ3n) is 1.53. The van der Waals surface area contributed by atoms with Crippen LogP contribution in [0.15, 0.2) is 23.1 Å². The Bertz CT molecular complexity index is 387. The lowest BCUT2D eigenvalue weighted by atomic mass is 10.1. The standard InChI is InChI=1S/C9H7F3O2S/c1-5(13)6-2-7(4-8(15)3-6)14-9(10,11)12/h2-4,15H,1H3. The lowest BCUT2D eigenvalue weighted by Crippen LogP contribution is -2.17. The number of thiol groups is 1. The second-order valence-corrected chi connectivity index (χ2v) is 3.34. The van der Waals surface area contributed by atoms with Gasteiger partial charge in [0, 0.05) is 10.5 Å². The van der Waals surface area contributed by atoms with Crippen molar-refractivity contribution in [3.63, 3.8) is 0 Å². The topological polar surface area (TPSA) is 26.3 Å². The van der Waals surface area contributed by atoms with E-state index in [9.17, 15) is 18.0 Å². The maximum atomic E-state index is 11.9. The smallest absolute Gasteiger partial charge is 0.406 e. The number of carbonyl (C=O) groups is 1. The maximum absolute atomic E-state index is 11.9. The SMILES string of the molecule is CC(=O)c1cc(S)cc(OC(F)(F)F)c1. The highest BCUT2D eigenvalue weighted by Crippen LogP contribution is 2.26. The molecule has 0 saturated carbocycles. The van der Waals surface area contributed by atoms with E-state index < -0.39 is 12.1 Å². The molecule has 0 aliphatic rings. The number of benzene rings is 1. The van der Waals surface area contributed by atoms with E-state index in [1.807, 2.05) is 0 Å². The van der Waals surface area contributed by atoms with E-state index in [1.165, 1.54) is 13.0 Å². The molecule has 0 bridgehead atoms. The molecule has 1 aromatic rings. The van der Waals surface area contributed by atoms with Crippen LogP contribution in [0.4, 0.5) is 13.2 Å². The molecule has 0 unspecified atom stereocenters. The van der Waals surface area contributed by atoms with Gasteiger partial charge in [0.25, 0.3) is 0 Å². The Balaban J connectivity index is 3.04. The predicted molar refractivity (Wildman–Crippen MR) is 50.4 cm³/mol. The summed E-state index contributed by atoms with van der Waals surface area (Å²) in [5.74, 6) is -0.793. The van der Waals surface area contributed by atoms with Crippen LogP contribution in [0, 0.1) is 0 Å². The molecule has 0 N–H and O–H groups in total. The zero-order chi connectivity index (χ0) is 11.6. The molecule has 0 aliphatic carbocycles. The largest absolute Gasteiger partial charge is 0.573 e.